The maximum Gasteiger partial charge on any atom is 0.0680 e. The fourth-order valence-electron chi connectivity index (χ4n) is 2.54. The number of fused-ring (bicyclic) bond motifs is 3. The van der Waals surface area contributed by atoms with Crippen LogP contribution in [0.1, 0.15) is 40.0 Å². The molecule has 1 heteroatoms. The lowest BCUT2D eigenvalue weighted by Crippen LogP contribution is -2.53. The first kappa shape index (κ1) is 7.60. The summed E-state index contributed by atoms with van der Waals surface area (Å²) in [5, 5.41) is 0. The molecule has 0 spiro atoms. The van der Waals surface area contributed by atoms with Crippen LogP contribution in [0.3, 0.4) is 0 Å². The summed E-state index contributed by atoms with van der Waals surface area (Å²) in [7, 11) is 0. The lowest BCUT2D eigenvalue weighted by molar-refractivity contribution is -0.198. The summed E-state index contributed by atoms with van der Waals surface area (Å²) in [6.45, 7) is 7.96. The Morgan fingerprint density at radius 3 is 2.36 bits per heavy atom. The molecule has 1 aliphatic carbocycles. The molecule has 0 aromatic heterocycles. The number of ether oxygens (including phenoxy) is 1. The molecule has 1 nitrogen and oxygen atoms in total. The van der Waals surface area contributed by atoms with E-state index in [1.54, 1.807) is 0 Å². The average Bonchev–Trinajstić information content (AvgIpc) is 1.94. The van der Waals surface area contributed by atoms with Crippen LogP contribution in [0.15, 0.2) is 0 Å². The van der Waals surface area contributed by atoms with Gasteiger partial charge < -0.3 is 4.74 Å². The fraction of sp³-hybridized carbons (Fsp3) is 1.00. The molecule has 1 saturated carbocycles. The molecule has 11 heavy (non-hydrogen) atoms. The topological polar surface area (TPSA) is 9.23 Å². The lowest BCUT2D eigenvalue weighted by atomic mass is 9.63. The van der Waals surface area contributed by atoms with Crippen LogP contribution in [-0.2, 0) is 4.74 Å². The van der Waals surface area contributed by atoms with Crippen LogP contribution in [-0.4, -0.2) is 12.2 Å². The summed E-state index contributed by atoms with van der Waals surface area (Å²) < 4.78 is 5.88. The van der Waals surface area contributed by atoms with Gasteiger partial charge in [0, 0.05) is 0 Å². The van der Waals surface area contributed by atoms with Crippen molar-refractivity contribution in [2.75, 3.05) is 6.61 Å². The van der Waals surface area contributed by atoms with E-state index in [-0.39, 0.29) is 5.60 Å². The Kier molecular flexibility index (Phi) is 1.39. The Bertz CT molecular complexity index is 166. The van der Waals surface area contributed by atoms with Crippen LogP contribution in [0.25, 0.3) is 0 Å². The van der Waals surface area contributed by atoms with Gasteiger partial charge in [-0.15, -0.1) is 0 Å². The Balaban J connectivity index is 2.22. The van der Waals surface area contributed by atoms with Gasteiger partial charge >= 0.3 is 0 Å². The zero-order valence-electron chi connectivity index (χ0n) is 7.81. The van der Waals surface area contributed by atoms with Gasteiger partial charge in [-0.25, -0.2) is 0 Å². The highest BCUT2D eigenvalue weighted by atomic mass is 16.5. The fourth-order valence-corrected chi connectivity index (χ4v) is 2.54. The lowest BCUT2D eigenvalue weighted by Gasteiger charge is -2.54. The van der Waals surface area contributed by atoms with E-state index in [0.717, 1.165) is 12.5 Å². The van der Waals surface area contributed by atoms with E-state index in [0.29, 0.717) is 5.41 Å². The molecule has 2 heterocycles. The van der Waals surface area contributed by atoms with Crippen molar-refractivity contribution in [3.05, 3.63) is 0 Å². The molecule has 0 aromatic carbocycles. The second-order valence-electron chi connectivity index (χ2n) is 5.02. The highest BCUT2D eigenvalue weighted by molar-refractivity contribution is 4.98. The monoisotopic (exact) mass is 154 g/mol. The number of hydrogen-bond acceptors (Lipinski definition) is 1. The predicted molar refractivity (Wildman–Crippen MR) is 45.5 cm³/mol. The normalized spacial score (nSPS) is 56.5. The van der Waals surface area contributed by atoms with Crippen molar-refractivity contribution in [1.29, 1.82) is 0 Å². The first-order valence-electron chi connectivity index (χ1n) is 4.68. The van der Waals surface area contributed by atoms with Gasteiger partial charge in [0.05, 0.1) is 12.2 Å². The molecule has 3 rings (SSSR count). The van der Waals surface area contributed by atoms with E-state index in [4.69, 9.17) is 4.74 Å². The average molecular weight is 154 g/mol. The summed E-state index contributed by atoms with van der Waals surface area (Å²) in [5.74, 6) is 0.759. The van der Waals surface area contributed by atoms with Crippen molar-refractivity contribution in [2.45, 2.75) is 45.6 Å². The van der Waals surface area contributed by atoms with Gasteiger partial charge in [0.15, 0.2) is 0 Å². The zero-order valence-corrected chi connectivity index (χ0v) is 7.81. The van der Waals surface area contributed by atoms with Crippen molar-refractivity contribution >= 4 is 0 Å². The molecule has 3 atom stereocenters. The van der Waals surface area contributed by atoms with Gasteiger partial charge in [0.25, 0.3) is 0 Å². The zero-order chi connectivity index (χ0) is 8.11. The Morgan fingerprint density at radius 2 is 2.00 bits per heavy atom. The second-order valence-corrected chi connectivity index (χ2v) is 5.02. The van der Waals surface area contributed by atoms with E-state index in [9.17, 15) is 0 Å². The van der Waals surface area contributed by atoms with Gasteiger partial charge in [-0.05, 0) is 37.5 Å². The molecule has 2 bridgehead atoms. The van der Waals surface area contributed by atoms with Gasteiger partial charge in [0.2, 0.25) is 0 Å². The van der Waals surface area contributed by atoms with E-state index in [1.807, 2.05) is 0 Å². The summed E-state index contributed by atoms with van der Waals surface area (Å²) >= 11 is 0. The van der Waals surface area contributed by atoms with Gasteiger partial charge in [-0.1, -0.05) is 13.8 Å². The smallest absolute Gasteiger partial charge is 0.0680 e. The molecule has 2 saturated heterocycles. The van der Waals surface area contributed by atoms with Crippen molar-refractivity contribution in [1.82, 2.24) is 0 Å². The number of hydrogen-bond donors (Lipinski definition) is 0. The van der Waals surface area contributed by atoms with E-state index in [2.05, 4.69) is 20.8 Å². The standard InChI is InChI=1S/C10H18O/c1-8-6-9(2)4-5-10(8,3)11-7-9/h8H,4-7H2,1-3H3. The molecule has 3 aliphatic rings. The van der Waals surface area contributed by atoms with Crippen molar-refractivity contribution in [3.8, 4) is 0 Å². The molecule has 0 aromatic rings. The number of rotatable bonds is 0. The minimum absolute atomic E-state index is 0.220. The summed E-state index contributed by atoms with van der Waals surface area (Å²) in [5.41, 5.74) is 0.731. The first-order valence-corrected chi connectivity index (χ1v) is 4.68. The van der Waals surface area contributed by atoms with Gasteiger partial charge in [0.1, 0.15) is 0 Å². The third-order valence-corrected chi connectivity index (χ3v) is 3.82. The molecule has 3 unspecified atom stereocenters. The Labute approximate surface area is 69.1 Å². The molecule has 2 aliphatic heterocycles. The van der Waals surface area contributed by atoms with E-state index >= 15 is 0 Å². The first-order chi connectivity index (χ1) is 5.04. The van der Waals surface area contributed by atoms with Crippen LogP contribution in [0.4, 0.5) is 0 Å². The largest absolute Gasteiger partial charge is 0.374 e. The van der Waals surface area contributed by atoms with E-state index in [1.165, 1.54) is 19.3 Å². The van der Waals surface area contributed by atoms with Gasteiger partial charge in [-0.3, -0.25) is 0 Å². The summed E-state index contributed by atoms with van der Waals surface area (Å²) in [6.07, 6.45) is 4.00. The summed E-state index contributed by atoms with van der Waals surface area (Å²) in [6, 6.07) is 0. The van der Waals surface area contributed by atoms with Crippen LogP contribution in [0.2, 0.25) is 0 Å². The molecule has 0 radical (unpaired) electrons. The molecule has 64 valence electrons. The maximum atomic E-state index is 5.88. The highest BCUT2D eigenvalue weighted by Crippen LogP contribution is 2.51. The van der Waals surface area contributed by atoms with Gasteiger partial charge in [-0.2, -0.15) is 0 Å². The van der Waals surface area contributed by atoms with Crippen molar-refractivity contribution in [2.24, 2.45) is 11.3 Å². The highest BCUT2D eigenvalue weighted by Gasteiger charge is 2.48. The van der Waals surface area contributed by atoms with Crippen LogP contribution < -0.4 is 0 Å². The van der Waals surface area contributed by atoms with Crippen LogP contribution in [0, 0.1) is 11.3 Å². The molecule has 0 N–H and O–H groups in total. The van der Waals surface area contributed by atoms with Crippen molar-refractivity contribution < 1.29 is 4.74 Å². The molecular formula is C10H18O. The van der Waals surface area contributed by atoms with Crippen molar-refractivity contribution in [3.63, 3.8) is 0 Å². The Hall–Kier alpha value is -0.0400. The maximum absolute atomic E-state index is 5.88. The predicted octanol–water partition coefficient (Wildman–Crippen LogP) is 2.60. The minimum Gasteiger partial charge on any atom is -0.374 e. The quantitative estimate of drug-likeness (QED) is 0.521. The Morgan fingerprint density at radius 1 is 1.27 bits per heavy atom. The van der Waals surface area contributed by atoms with E-state index < -0.39 is 0 Å². The van der Waals surface area contributed by atoms with Crippen LogP contribution in [0.5, 0.6) is 0 Å². The van der Waals surface area contributed by atoms with Crippen LogP contribution >= 0.6 is 0 Å². The third-order valence-electron chi connectivity index (χ3n) is 3.82. The minimum atomic E-state index is 0.220. The molecular weight excluding hydrogens is 136 g/mol. The second kappa shape index (κ2) is 2.01. The molecule has 3 fully saturated rings. The SMILES string of the molecule is CC1CC2(C)CCC1(C)OC2. The summed E-state index contributed by atoms with van der Waals surface area (Å²) in [4.78, 5) is 0. The third kappa shape index (κ3) is 1.01. The molecule has 0 amide bonds.